The number of ether oxygens (including phenoxy) is 4. The zero-order valence-corrected chi connectivity index (χ0v) is 30.9. The Balaban J connectivity index is 1.14. The molecular weight excluding hydrogens is 698 g/mol. The van der Waals surface area contributed by atoms with Crippen LogP contribution in [0.15, 0.2) is 66.7 Å². The van der Waals surface area contributed by atoms with E-state index < -0.39 is 18.4 Å². The van der Waals surface area contributed by atoms with Crippen LogP contribution in [0.5, 0.6) is 6.01 Å². The van der Waals surface area contributed by atoms with Crippen molar-refractivity contribution < 1.29 is 33.4 Å². The minimum absolute atomic E-state index is 0.139. The van der Waals surface area contributed by atoms with Gasteiger partial charge in [0.15, 0.2) is 0 Å². The molecule has 0 aliphatic heterocycles. The van der Waals surface area contributed by atoms with Crippen LogP contribution in [0.3, 0.4) is 0 Å². The minimum Gasteiger partial charge on any atom is -0.756 e. The molecule has 0 saturated carbocycles. The number of fused-ring (bicyclic) bond motifs is 1. The number of nitrogens with one attached hydrogen (secondary N) is 2. The number of hydrogen-bond acceptors (Lipinski definition) is 15. The molecule has 0 aliphatic rings. The number of benzene rings is 3. The van der Waals surface area contributed by atoms with Gasteiger partial charge < -0.3 is 24.2 Å². The number of rotatable bonds is 21. The van der Waals surface area contributed by atoms with Crippen LogP contribution in [0.25, 0.3) is 33.5 Å². The SMILES string of the molecule is CCOc1nc2cccc(C(=O)OC(C)OC(=O)OCCCCCCONN([O-])N(CC)CC)c2n1Cc1ccc(-c2ccccc2-c2nn[nH]n2)cc1. The van der Waals surface area contributed by atoms with Gasteiger partial charge in [0.2, 0.25) is 12.1 Å². The van der Waals surface area contributed by atoms with Gasteiger partial charge in [-0.2, -0.15) is 10.2 Å². The Kier molecular flexibility index (Phi) is 14.8. The van der Waals surface area contributed by atoms with Crippen LogP contribution in [-0.2, 0) is 25.6 Å². The van der Waals surface area contributed by atoms with Crippen LogP contribution in [0.2, 0.25) is 0 Å². The van der Waals surface area contributed by atoms with Gasteiger partial charge in [0.25, 0.3) is 6.01 Å². The van der Waals surface area contributed by atoms with E-state index in [1.54, 1.807) is 18.2 Å². The minimum atomic E-state index is -1.22. The van der Waals surface area contributed by atoms with Crippen molar-refractivity contribution in [3.8, 4) is 28.5 Å². The van der Waals surface area contributed by atoms with Crippen LogP contribution < -0.4 is 10.3 Å². The summed E-state index contributed by atoms with van der Waals surface area (Å²) in [6, 6.07) is 21.3. The first kappa shape index (κ1) is 39.7. The van der Waals surface area contributed by atoms with Gasteiger partial charge in [-0.3, -0.25) is 9.40 Å². The fourth-order valence-electron chi connectivity index (χ4n) is 5.73. The number of aromatic amines is 1. The normalized spacial score (nSPS) is 12.0. The average Bonchev–Trinajstić information content (AvgIpc) is 3.84. The van der Waals surface area contributed by atoms with Gasteiger partial charge in [0, 0.05) is 25.6 Å². The highest BCUT2D eigenvalue weighted by atomic mass is 16.8. The summed E-state index contributed by atoms with van der Waals surface area (Å²) in [7, 11) is 0. The standard InChI is InChI=1S/C37H46N9O8/c1-5-44(6-2)46(49)43-52-24-13-9-8-12-23-51-37(48)54-26(4)53-35(47)31-17-14-18-32-33(31)45(36(38-32)50-7-3)25-27-19-21-28(22-20-27)29-15-10-11-16-30(29)34-39-41-42-40-34/h10-11,14-22,26,43H,5-9,12-13,23-25H2,1-4H3,(H,39,40,41,42)/q-1. The third-order valence-corrected chi connectivity index (χ3v) is 8.37. The Labute approximate surface area is 313 Å². The highest BCUT2D eigenvalue weighted by Gasteiger charge is 2.23. The summed E-state index contributed by atoms with van der Waals surface area (Å²) < 4.78 is 23.6. The van der Waals surface area contributed by atoms with Crippen molar-refractivity contribution in [3.05, 3.63) is 83.1 Å². The molecule has 2 heterocycles. The first-order valence-electron chi connectivity index (χ1n) is 18.0. The molecule has 288 valence electrons. The topological polar surface area (TPSA) is 194 Å². The molecule has 0 fully saturated rings. The number of carbonyl (C=O) groups excluding carboxylic acids is 2. The first-order chi connectivity index (χ1) is 26.3. The molecular formula is C37H46N9O8-. The second-order valence-corrected chi connectivity index (χ2v) is 12.0. The maximum absolute atomic E-state index is 13.5. The summed E-state index contributed by atoms with van der Waals surface area (Å²) in [5.74, 6) is -0.200. The van der Waals surface area contributed by atoms with E-state index in [2.05, 4.69) is 31.2 Å². The summed E-state index contributed by atoms with van der Waals surface area (Å²) in [5, 5.41) is 28.4. The lowest BCUT2D eigenvalue weighted by molar-refractivity contribution is -0.156. The van der Waals surface area contributed by atoms with E-state index in [9.17, 15) is 14.8 Å². The zero-order valence-electron chi connectivity index (χ0n) is 30.9. The Morgan fingerprint density at radius 2 is 1.65 bits per heavy atom. The average molecular weight is 745 g/mol. The van der Waals surface area contributed by atoms with Crippen molar-refractivity contribution >= 4 is 23.2 Å². The Morgan fingerprint density at radius 1 is 0.907 bits per heavy atom. The number of esters is 1. The third-order valence-electron chi connectivity index (χ3n) is 8.37. The van der Waals surface area contributed by atoms with E-state index in [0.717, 1.165) is 41.5 Å². The van der Waals surface area contributed by atoms with E-state index in [4.69, 9.17) is 23.8 Å². The lowest BCUT2D eigenvalue weighted by Crippen LogP contribution is -2.46. The lowest BCUT2D eigenvalue weighted by Gasteiger charge is -2.37. The number of tetrazole rings is 1. The second-order valence-electron chi connectivity index (χ2n) is 12.0. The predicted molar refractivity (Wildman–Crippen MR) is 198 cm³/mol. The van der Waals surface area contributed by atoms with E-state index in [1.165, 1.54) is 11.9 Å². The quantitative estimate of drug-likeness (QED) is 0.0382. The summed E-state index contributed by atoms with van der Waals surface area (Å²) >= 11 is 0. The summed E-state index contributed by atoms with van der Waals surface area (Å²) in [6.45, 7) is 9.41. The van der Waals surface area contributed by atoms with Crippen molar-refractivity contribution in [2.45, 2.75) is 66.2 Å². The monoisotopic (exact) mass is 744 g/mol. The van der Waals surface area contributed by atoms with Crippen molar-refractivity contribution in [2.24, 2.45) is 0 Å². The Bertz CT molecular complexity index is 1920. The van der Waals surface area contributed by atoms with E-state index >= 15 is 0 Å². The number of hydrazine groups is 2. The molecule has 0 bridgehead atoms. The molecule has 2 aromatic heterocycles. The van der Waals surface area contributed by atoms with Crippen LogP contribution in [0, 0.1) is 5.21 Å². The Morgan fingerprint density at radius 3 is 2.35 bits per heavy atom. The number of imidazole rings is 1. The number of H-pyrrole nitrogens is 1. The van der Waals surface area contributed by atoms with Crippen LogP contribution in [-0.4, -0.2) is 91.8 Å². The van der Waals surface area contributed by atoms with Gasteiger partial charge in [0.05, 0.1) is 43.0 Å². The van der Waals surface area contributed by atoms with Gasteiger partial charge in [0.1, 0.15) is 0 Å². The molecule has 17 heteroatoms. The Hall–Kier alpha value is -5.46. The molecule has 0 saturated heterocycles. The third kappa shape index (κ3) is 10.6. The maximum atomic E-state index is 13.5. The molecule has 17 nitrogen and oxygen atoms in total. The predicted octanol–water partition coefficient (Wildman–Crippen LogP) is 6.04. The highest BCUT2D eigenvalue weighted by molar-refractivity contribution is 6.02. The van der Waals surface area contributed by atoms with Gasteiger partial charge in [-0.15, -0.1) is 15.8 Å². The van der Waals surface area contributed by atoms with Gasteiger partial charge >= 0.3 is 12.1 Å². The van der Waals surface area contributed by atoms with Crippen LogP contribution in [0.1, 0.15) is 69.3 Å². The van der Waals surface area contributed by atoms with Gasteiger partial charge in [-0.25, -0.2) is 19.9 Å². The maximum Gasteiger partial charge on any atom is 0.511 e. The molecule has 3 aromatic carbocycles. The van der Waals surface area contributed by atoms with Gasteiger partial charge in [-0.1, -0.05) is 74.9 Å². The van der Waals surface area contributed by atoms with Crippen molar-refractivity contribution in [2.75, 3.05) is 32.9 Å². The molecule has 5 aromatic rings. The fourth-order valence-corrected chi connectivity index (χ4v) is 5.73. The van der Waals surface area contributed by atoms with Crippen LogP contribution >= 0.6 is 0 Å². The largest absolute Gasteiger partial charge is 0.756 e. The van der Waals surface area contributed by atoms with Crippen LogP contribution in [0.4, 0.5) is 4.79 Å². The molecule has 0 spiro atoms. The zero-order chi connectivity index (χ0) is 38.3. The summed E-state index contributed by atoms with van der Waals surface area (Å²) in [6.07, 6.45) is 0.757. The van der Waals surface area contributed by atoms with E-state index in [-0.39, 0.29) is 12.2 Å². The molecule has 1 atom stereocenters. The number of carbonyl (C=O) groups is 2. The molecule has 1 unspecified atom stereocenters. The lowest BCUT2D eigenvalue weighted by atomic mass is 9.98. The smallest absolute Gasteiger partial charge is 0.511 e. The fraction of sp³-hybridized carbons (Fsp3) is 0.405. The number of hydrogen-bond donors (Lipinski definition) is 2. The molecule has 5 rings (SSSR count). The molecule has 54 heavy (non-hydrogen) atoms. The van der Waals surface area contributed by atoms with Gasteiger partial charge in [-0.05, 0) is 60.2 Å². The van der Waals surface area contributed by atoms with E-state index in [0.29, 0.717) is 67.4 Å². The summed E-state index contributed by atoms with van der Waals surface area (Å²) in [5.41, 5.74) is 7.35. The van der Waals surface area contributed by atoms with Crippen molar-refractivity contribution in [1.82, 2.24) is 46.1 Å². The molecule has 0 radical (unpaired) electrons. The summed E-state index contributed by atoms with van der Waals surface area (Å²) in [4.78, 5) is 35.6. The number of nitrogens with zero attached hydrogens (tertiary/aromatic N) is 7. The van der Waals surface area contributed by atoms with E-state index in [1.807, 2.05) is 73.9 Å². The molecule has 0 amide bonds. The number of unbranched alkanes of at least 4 members (excludes halogenated alkanes) is 3. The van der Waals surface area contributed by atoms with Crippen molar-refractivity contribution in [3.63, 3.8) is 0 Å². The number of aromatic nitrogens is 6. The highest BCUT2D eigenvalue weighted by Crippen LogP contribution is 2.31. The molecule has 0 aliphatic carbocycles. The molecule has 2 N–H and O–H groups in total. The van der Waals surface area contributed by atoms with Crippen molar-refractivity contribution in [1.29, 1.82) is 0 Å². The number of para-hydroxylation sites is 1. The first-order valence-corrected chi connectivity index (χ1v) is 18.0. The second kappa shape index (κ2) is 20.1.